The Kier molecular flexibility index (Phi) is 17.7. The van der Waals surface area contributed by atoms with Crippen LogP contribution in [0.3, 0.4) is 0 Å². The summed E-state index contributed by atoms with van der Waals surface area (Å²) in [6.07, 6.45) is 6.94. The van der Waals surface area contributed by atoms with E-state index in [0.29, 0.717) is 5.92 Å². The Hall–Kier alpha value is -2.36. The van der Waals surface area contributed by atoms with Crippen molar-refractivity contribution < 1.29 is 4.74 Å². The fraction of sp³-hybridized carbons (Fsp3) is 0.484. The summed E-state index contributed by atoms with van der Waals surface area (Å²) in [5, 5.41) is 1.69. The topological polar surface area (TPSA) is 38.5 Å². The van der Waals surface area contributed by atoms with Gasteiger partial charge >= 0.3 is 0 Å². The molecule has 0 aliphatic carbocycles. The minimum Gasteiger partial charge on any atom is -0.378 e. The molecular formula is C31H50N2O. The van der Waals surface area contributed by atoms with Crippen molar-refractivity contribution in [3.63, 3.8) is 0 Å². The molecule has 0 radical (unpaired) electrons. The Morgan fingerprint density at radius 2 is 1.59 bits per heavy atom. The quantitative estimate of drug-likeness (QED) is 0.218. The predicted molar refractivity (Wildman–Crippen MR) is 152 cm³/mol. The number of nitrogens with two attached hydrogens (primary N) is 1. The van der Waals surface area contributed by atoms with Gasteiger partial charge < -0.3 is 9.75 Å². The van der Waals surface area contributed by atoms with Crippen molar-refractivity contribution in [2.24, 2.45) is 11.8 Å². The molecule has 2 aromatic rings. The molecule has 0 aliphatic rings. The monoisotopic (exact) mass is 466 g/mol. The van der Waals surface area contributed by atoms with Gasteiger partial charge in [-0.2, -0.15) is 0 Å². The molecule has 0 aromatic heterocycles. The lowest BCUT2D eigenvalue weighted by Gasteiger charge is -2.22. The van der Waals surface area contributed by atoms with Crippen LogP contribution in [-0.4, -0.2) is 24.8 Å². The fourth-order valence-corrected chi connectivity index (χ4v) is 3.19. The van der Waals surface area contributed by atoms with Gasteiger partial charge in [0.15, 0.2) is 0 Å². The molecule has 0 saturated carbocycles. The van der Waals surface area contributed by atoms with E-state index < -0.39 is 0 Å². The van der Waals surface area contributed by atoms with E-state index in [9.17, 15) is 0 Å². The fourth-order valence-electron chi connectivity index (χ4n) is 3.19. The van der Waals surface area contributed by atoms with Gasteiger partial charge in [0.05, 0.1) is 11.8 Å². The van der Waals surface area contributed by atoms with Crippen LogP contribution in [0.15, 0.2) is 72.8 Å². The van der Waals surface area contributed by atoms with Gasteiger partial charge in [-0.15, -0.1) is 6.58 Å². The number of benzene rings is 2. The van der Waals surface area contributed by atoms with Crippen LogP contribution in [0.2, 0.25) is 0 Å². The van der Waals surface area contributed by atoms with E-state index in [-0.39, 0.29) is 6.10 Å². The Balaban J connectivity index is 0.000000899. The van der Waals surface area contributed by atoms with E-state index in [1.807, 2.05) is 32.2 Å². The summed E-state index contributed by atoms with van der Waals surface area (Å²) in [6, 6.07) is 19.0. The van der Waals surface area contributed by atoms with Gasteiger partial charge in [-0.05, 0) is 58.1 Å². The van der Waals surface area contributed by atoms with Crippen LogP contribution >= 0.6 is 0 Å². The Morgan fingerprint density at radius 1 is 1.03 bits per heavy atom. The van der Waals surface area contributed by atoms with Crippen molar-refractivity contribution in [3.8, 4) is 0 Å². The van der Waals surface area contributed by atoms with Crippen LogP contribution in [0.25, 0.3) is 5.70 Å². The van der Waals surface area contributed by atoms with E-state index in [1.165, 1.54) is 23.1 Å². The lowest BCUT2D eigenvalue weighted by atomic mass is 9.99. The maximum absolute atomic E-state index is 6.06. The molecule has 0 spiro atoms. The summed E-state index contributed by atoms with van der Waals surface area (Å²) in [6.45, 7) is 19.4. The van der Waals surface area contributed by atoms with Crippen LogP contribution in [-0.2, 0) is 11.2 Å². The largest absolute Gasteiger partial charge is 0.378 e. The number of allylic oxidation sites excluding steroid dienone is 1. The zero-order valence-corrected chi connectivity index (χ0v) is 23.1. The Bertz CT molecular complexity index is 794. The van der Waals surface area contributed by atoms with Crippen LogP contribution in [0.4, 0.5) is 0 Å². The number of hydrazine groups is 1. The Morgan fingerprint density at radius 3 is 2.00 bits per heavy atom. The molecule has 2 rings (SSSR count). The number of aryl methyl sites for hydroxylation is 2. The first-order chi connectivity index (χ1) is 16.2. The standard InChI is InChI=1S/C21H34N2O.C7H8.C3H8/c1-7-24-18(5)17(4)15-21(23(6)22)20-13-11-19(12-14-20)10-8-9-16(2)3;1-7-5-3-2-4-6-7;1-3-2/h11-15,17-18H,2,7-10,22H2,1,3-6H3;2-6H,1H3;3H2,1-2H3/b21-15-;;. The minimum atomic E-state index is 0.173. The van der Waals surface area contributed by atoms with E-state index in [2.05, 4.69) is 90.6 Å². The number of rotatable bonds is 10. The number of hydrogen-bond acceptors (Lipinski definition) is 3. The van der Waals surface area contributed by atoms with Crippen molar-refractivity contribution in [1.82, 2.24) is 5.01 Å². The van der Waals surface area contributed by atoms with Crippen molar-refractivity contribution in [1.29, 1.82) is 0 Å². The second kappa shape index (κ2) is 19.0. The minimum absolute atomic E-state index is 0.173. The second-order valence-corrected chi connectivity index (χ2v) is 9.05. The number of hydrogen-bond donors (Lipinski definition) is 1. The third-order valence-corrected chi connectivity index (χ3v) is 5.23. The maximum Gasteiger partial charge on any atom is 0.0607 e. The predicted octanol–water partition coefficient (Wildman–Crippen LogP) is 8.20. The molecule has 3 heteroatoms. The van der Waals surface area contributed by atoms with Crippen LogP contribution in [0, 0.1) is 12.8 Å². The molecule has 0 amide bonds. The first-order valence-corrected chi connectivity index (χ1v) is 12.7. The SMILES string of the molecule is C=C(C)CCCc1ccc(/C(=C/C(C)C(C)OCC)N(C)N)cc1.CCC.Cc1ccccc1. The lowest BCUT2D eigenvalue weighted by Crippen LogP contribution is -2.26. The summed E-state index contributed by atoms with van der Waals surface area (Å²) in [5.74, 6) is 6.35. The molecule has 3 nitrogen and oxygen atoms in total. The summed E-state index contributed by atoms with van der Waals surface area (Å²) >= 11 is 0. The molecule has 190 valence electrons. The van der Waals surface area contributed by atoms with Gasteiger partial charge in [0.25, 0.3) is 0 Å². The summed E-state index contributed by atoms with van der Waals surface area (Å²) in [4.78, 5) is 0. The first-order valence-electron chi connectivity index (χ1n) is 12.7. The molecule has 0 saturated heterocycles. The smallest absolute Gasteiger partial charge is 0.0607 e. The molecular weight excluding hydrogens is 416 g/mol. The molecule has 2 unspecified atom stereocenters. The third-order valence-electron chi connectivity index (χ3n) is 5.23. The third kappa shape index (κ3) is 14.7. The highest BCUT2D eigenvalue weighted by Gasteiger charge is 2.13. The van der Waals surface area contributed by atoms with Crippen LogP contribution < -0.4 is 5.84 Å². The zero-order chi connectivity index (χ0) is 25.9. The average Bonchev–Trinajstić information content (AvgIpc) is 2.79. The van der Waals surface area contributed by atoms with Crippen molar-refractivity contribution in [3.05, 3.63) is 89.5 Å². The molecule has 34 heavy (non-hydrogen) atoms. The highest BCUT2D eigenvalue weighted by Crippen LogP contribution is 2.21. The Labute approximate surface area is 210 Å². The number of nitrogens with zero attached hydrogens (tertiary/aromatic N) is 1. The molecule has 0 bridgehead atoms. The molecule has 2 N–H and O–H groups in total. The van der Waals surface area contributed by atoms with Gasteiger partial charge in [-0.3, -0.25) is 0 Å². The normalized spacial score (nSPS) is 12.4. The van der Waals surface area contributed by atoms with E-state index >= 15 is 0 Å². The van der Waals surface area contributed by atoms with Gasteiger partial charge in [-0.1, -0.05) is 99.0 Å². The van der Waals surface area contributed by atoms with Crippen molar-refractivity contribution in [2.45, 2.75) is 80.3 Å². The molecule has 0 aliphatic heterocycles. The second-order valence-electron chi connectivity index (χ2n) is 9.05. The lowest BCUT2D eigenvalue weighted by molar-refractivity contribution is 0.0522. The number of ether oxygens (including phenoxy) is 1. The first kappa shape index (κ1) is 31.6. The van der Waals surface area contributed by atoms with Gasteiger partial charge in [0, 0.05) is 19.6 Å². The van der Waals surface area contributed by atoms with Crippen LogP contribution in [0.1, 0.15) is 77.5 Å². The summed E-state index contributed by atoms with van der Waals surface area (Å²) in [7, 11) is 1.88. The zero-order valence-electron chi connectivity index (χ0n) is 23.1. The highest BCUT2D eigenvalue weighted by molar-refractivity contribution is 5.64. The average molecular weight is 467 g/mol. The highest BCUT2D eigenvalue weighted by atomic mass is 16.5. The van der Waals surface area contributed by atoms with Gasteiger partial charge in [-0.25, -0.2) is 5.84 Å². The summed E-state index contributed by atoms with van der Waals surface area (Å²) < 4.78 is 5.69. The van der Waals surface area contributed by atoms with Crippen molar-refractivity contribution in [2.75, 3.05) is 13.7 Å². The molecule has 2 aromatic carbocycles. The molecule has 2 atom stereocenters. The van der Waals surface area contributed by atoms with E-state index in [1.54, 1.807) is 5.01 Å². The summed E-state index contributed by atoms with van der Waals surface area (Å²) in [5.41, 5.74) is 6.10. The van der Waals surface area contributed by atoms with Crippen LogP contribution in [0.5, 0.6) is 0 Å². The molecule has 0 fully saturated rings. The molecule has 0 heterocycles. The van der Waals surface area contributed by atoms with Crippen molar-refractivity contribution >= 4 is 5.70 Å². The maximum atomic E-state index is 6.06. The van der Waals surface area contributed by atoms with E-state index in [4.69, 9.17) is 10.6 Å². The van der Waals surface area contributed by atoms with Gasteiger partial charge in [0.1, 0.15) is 0 Å². The van der Waals surface area contributed by atoms with E-state index in [0.717, 1.165) is 37.1 Å². The van der Waals surface area contributed by atoms with Gasteiger partial charge in [0.2, 0.25) is 0 Å².